The van der Waals surface area contributed by atoms with Crippen LogP contribution >= 0.6 is 0 Å². The smallest absolute Gasteiger partial charge is 0.316 e. The summed E-state index contributed by atoms with van der Waals surface area (Å²) in [6, 6.07) is 3.10. The monoisotopic (exact) mass is 203 g/mol. The molecule has 0 radical (unpaired) electrons. The largest absolute Gasteiger partial charge is 0.407 e. The van der Waals surface area contributed by atoms with E-state index in [1.807, 2.05) is 0 Å². The second kappa shape index (κ2) is 3.61. The lowest BCUT2D eigenvalue weighted by Gasteiger charge is -2.19. The molecule has 2 N–H and O–H groups in total. The van der Waals surface area contributed by atoms with E-state index in [2.05, 4.69) is 0 Å². The lowest BCUT2D eigenvalue weighted by atomic mass is 9.96. The molecule has 0 aromatic heterocycles. The second-order valence-corrected chi connectivity index (χ2v) is 3.32. The van der Waals surface area contributed by atoms with Gasteiger partial charge in [0, 0.05) is 0 Å². The molecule has 0 aliphatic carbocycles. The van der Waals surface area contributed by atoms with E-state index in [0.29, 0.717) is 11.1 Å². The Kier molecular flexibility index (Phi) is 2.85. The molecular formula is C10H12F3N. The van der Waals surface area contributed by atoms with Gasteiger partial charge in [0.25, 0.3) is 0 Å². The van der Waals surface area contributed by atoms with E-state index in [0.717, 1.165) is 0 Å². The average molecular weight is 203 g/mol. The number of alkyl halides is 3. The van der Waals surface area contributed by atoms with Crippen LogP contribution in [0, 0.1) is 13.8 Å². The van der Waals surface area contributed by atoms with Gasteiger partial charge in [-0.05, 0) is 30.5 Å². The fraction of sp³-hybridized carbons (Fsp3) is 0.400. The van der Waals surface area contributed by atoms with Crippen molar-refractivity contribution in [2.75, 3.05) is 0 Å². The van der Waals surface area contributed by atoms with Crippen molar-refractivity contribution < 1.29 is 13.2 Å². The fourth-order valence-corrected chi connectivity index (χ4v) is 1.48. The third-order valence-electron chi connectivity index (χ3n) is 2.21. The standard InChI is InChI=1S/C10H12F3N/c1-6-4-3-5-7(2)8(6)9(14)10(11,12)13/h3-5,9H,14H2,1-2H3/t9-/m0/s1. The highest BCUT2D eigenvalue weighted by molar-refractivity contribution is 5.36. The zero-order chi connectivity index (χ0) is 10.9. The first kappa shape index (κ1) is 11.0. The number of halogens is 3. The summed E-state index contributed by atoms with van der Waals surface area (Å²) in [5.41, 5.74) is 6.49. The minimum Gasteiger partial charge on any atom is -0.316 e. The van der Waals surface area contributed by atoms with Crippen LogP contribution in [0.3, 0.4) is 0 Å². The van der Waals surface area contributed by atoms with Crippen LogP contribution in [0.15, 0.2) is 18.2 Å². The maximum atomic E-state index is 12.4. The zero-order valence-corrected chi connectivity index (χ0v) is 8.02. The van der Waals surface area contributed by atoms with Crippen molar-refractivity contribution in [1.82, 2.24) is 0 Å². The Morgan fingerprint density at radius 2 is 1.57 bits per heavy atom. The molecule has 78 valence electrons. The summed E-state index contributed by atoms with van der Waals surface area (Å²) in [5.74, 6) is 0. The number of aryl methyl sites for hydroxylation is 2. The molecule has 1 aromatic rings. The summed E-state index contributed by atoms with van der Waals surface area (Å²) in [6.45, 7) is 3.27. The molecule has 0 heterocycles. The summed E-state index contributed by atoms with van der Waals surface area (Å²) in [6.07, 6.45) is -4.38. The van der Waals surface area contributed by atoms with Crippen molar-refractivity contribution in [3.63, 3.8) is 0 Å². The van der Waals surface area contributed by atoms with Gasteiger partial charge in [-0.25, -0.2) is 0 Å². The molecule has 0 fully saturated rings. The minimum absolute atomic E-state index is 0.181. The second-order valence-electron chi connectivity index (χ2n) is 3.32. The number of nitrogens with two attached hydrogens (primary N) is 1. The van der Waals surface area contributed by atoms with Crippen molar-refractivity contribution in [1.29, 1.82) is 0 Å². The van der Waals surface area contributed by atoms with Crippen molar-refractivity contribution in [3.05, 3.63) is 34.9 Å². The average Bonchev–Trinajstić information content (AvgIpc) is 2.01. The van der Waals surface area contributed by atoms with Crippen molar-refractivity contribution in [3.8, 4) is 0 Å². The van der Waals surface area contributed by atoms with E-state index in [4.69, 9.17) is 5.73 Å². The number of hydrogen-bond donors (Lipinski definition) is 1. The first-order valence-corrected chi connectivity index (χ1v) is 4.22. The van der Waals surface area contributed by atoms with Crippen LogP contribution in [0.2, 0.25) is 0 Å². The fourth-order valence-electron chi connectivity index (χ4n) is 1.48. The Balaban J connectivity index is 3.19. The van der Waals surface area contributed by atoms with Crippen LogP contribution < -0.4 is 5.73 Å². The van der Waals surface area contributed by atoms with E-state index in [9.17, 15) is 13.2 Å². The molecule has 1 atom stereocenters. The van der Waals surface area contributed by atoms with Gasteiger partial charge in [-0.3, -0.25) is 0 Å². The number of hydrogen-bond acceptors (Lipinski definition) is 1. The van der Waals surface area contributed by atoms with Gasteiger partial charge in [-0.15, -0.1) is 0 Å². The number of rotatable bonds is 1. The molecule has 0 unspecified atom stereocenters. The SMILES string of the molecule is Cc1cccc(C)c1[C@H](N)C(F)(F)F. The van der Waals surface area contributed by atoms with Gasteiger partial charge >= 0.3 is 6.18 Å². The van der Waals surface area contributed by atoms with Gasteiger partial charge < -0.3 is 5.73 Å². The summed E-state index contributed by atoms with van der Waals surface area (Å²) in [7, 11) is 0. The van der Waals surface area contributed by atoms with Gasteiger partial charge in [0.15, 0.2) is 0 Å². The molecule has 1 nitrogen and oxygen atoms in total. The Morgan fingerprint density at radius 3 is 1.93 bits per heavy atom. The molecule has 0 saturated heterocycles. The van der Waals surface area contributed by atoms with E-state index in [1.54, 1.807) is 32.0 Å². The predicted molar refractivity (Wildman–Crippen MR) is 48.9 cm³/mol. The summed E-state index contributed by atoms with van der Waals surface area (Å²) >= 11 is 0. The highest BCUT2D eigenvalue weighted by Gasteiger charge is 2.39. The molecule has 0 spiro atoms. The van der Waals surface area contributed by atoms with Crippen LogP contribution in [-0.4, -0.2) is 6.18 Å². The molecular weight excluding hydrogens is 191 g/mol. The molecule has 4 heteroatoms. The predicted octanol–water partition coefficient (Wildman–Crippen LogP) is 2.87. The van der Waals surface area contributed by atoms with Crippen LogP contribution in [0.1, 0.15) is 22.7 Å². The number of benzene rings is 1. The van der Waals surface area contributed by atoms with Crippen LogP contribution in [-0.2, 0) is 0 Å². The molecule has 14 heavy (non-hydrogen) atoms. The Morgan fingerprint density at radius 1 is 1.14 bits per heavy atom. The van der Waals surface area contributed by atoms with Gasteiger partial charge in [-0.1, -0.05) is 18.2 Å². The third-order valence-corrected chi connectivity index (χ3v) is 2.21. The lowest BCUT2D eigenvalue weighted by molar-refractivity contribution is -0.149. The first-order chi connectivity index (χ1) is 6.34. The Labute approximate surface area is 80.7 Å². The minimum atomic E-state index is -4.38. The van der Waals surface area contributed by atoms with E-state index in [1.165, 1.54) is 0 Å². The molecule has 0 amide bonds. The van der Waals surface area contributed by atoms with Crippen LogP contribution in [0.4, 0.5) is 13.2 Å². The van der Waals surface area contributed by atoms with E-state index < -0.39 is 12.2 Å². The molecule has 0 aliphatic rings. The van der Waals surface area contributed by atoms with Gasteiger partial charge in [0.1, 0.15) is 6.04 Å². The maximum Gasteiger partial charge on any atom is 0.407 e. The summed E-state index contributed by atoms with van der Waals surface area (Å²) in [5, 5.41) is 0. The lowest BCUT2D eigenvalue weighted by Crippen LogP contribution is -2.29. The highest BCUT2D eigenvalue weighted by Crippen LogP contribution is 2.33. The van der Waals surface area contributed by atoms with Crippen LogP contribution in [0.5, 0.6) is 0 Å². The summed E-state index contributed by atoms with van der Waals surface area (Å²) < 4.78 is 37.1. The first-order valence-electron chi connectivity index (χ1n) is 4.22. The Bertz CT molecular complexity index is 310. The van der Waals surface area contributed by atoms with Crippen LogP contribution in [0.25, 0.3) is 0 Å². The van der Waals surface area contributed by atoms with Crippen molar-refractivity contribution in [2.24, 2.45) is 5.73 Å². The molecule has 0 bridgehead atoms. The van der Waals surface area contributed by atoms with Gasteiger partial charge in [-0.2, -0.15) is 13.2 Å². The third kappa shape index (κ3) is 2.07. The topological polar surface area (TPSA) is 26.0 Å². The normalized spacial score (nSPS) is 14.1. The Hall–Kier alpha value is -1.03. The molecule has 1 aromatic carbocycles. The van der Waals surface area contributed by atoms with E-state index >= 15 is 0 Å². The van der Waals surface area contributed by atoms with Gasteiger partial charge in [0.2, 0.25) is 0 Å². The highest BCUT2D eigenvalue weighted by atomic mass is 19.4. The molecule has 0 saturated carbocycles. The molecule has 0 aliphatic heterocycles. The quantitative estimate of drug-likeness (QED) is 0.746. The van der Waals surface area contributed by atoms with Crippen molar-refractivity contribution in [2.45, 2.75) is 26.1 Å². The van der Waals surface area contributed by atoms with Gasteiger partial charge in [0.05, 0.1) is 0 Å². The zero-order valence-electron chi connectivity index (χ0n) is 8.02. The van der Waals surface area contributed by atoms with Crippen molar-refractivity contribution >= 4 is 0 Å². The maximum absolute atomic E-state index is 12.4. The molecule has 1 rings (SSSR count). The van der Waals surface area contributed by atoms with E-state index in [-0.39, 0.29) is 5.56 Å². The summed E-state index contributed by atoms with van der Waals surface area (Å²) in [4.78, 5) is 0.